The van der Waals surface area contributed by atoms with Crippen molar-refractivity contribution in [2.75, 3.05) is 45.8 Å². The number of piperidine rings is 1. The highest BCUT2D eigenvalue weighted by atomic mass is 32.2. The van der Waals surface area contributed by atoms with Gasteiger partial charge in [0.1, 0.15) is 12.1 Å². The highest BCUT2D eigenvalue weighted by Crippen LogP contribution is 2.42. The fraction of sp³-hybridized carbons (Fsp3) is 0.656. The van der Waals surface area contributed by atoms with Crippen LogP contribution in [0.15, 0.2) is 30.6 Å². The number of benzene rings is 1. The monoisotopic (exact) mass is 612 g/mol. The van der Waals surface area contributed by atoms with Gasteiger partial charge in [0.25, 0.3) is 5.91 Å². The summed E-state index contributed by atoms with van der Waals surface area (Å²) in [6, 6.07) is 7.05. The highest BCUT2D eigenvalue weighted by Gasteiger charge is 2.47. The molecule has 11 heteroatoms. The zero-order valence-electron chi connectivity index (χ0n) is 25.9. The number of halogens is 1. The van der Waals surface area contributed by atoms with Crippen LogP contribution in [-0.2, 0) is 10.0 Å². The molecule has 6 rings (SSSR count). The molecule has 0 bridgehead atoms. The Morgan fingerprint density at radius 1 is 1.00 bits per heavy atom. The van der Waals surface area contributed by atoms with E-state index in [1.807, 2.05) is 24.8 Å². The van der Waals surface area contributed by atoms with Gasteiger partial charge in [0.15, 0.2) is 0 Å². The molecular formula is C32H45FN6O3S. The number of aromatic nitrogens is 2. The fourth-order valence-electron chi connectivity index (χ4n) is 7.69. The average Bonchev–Trinajstić information content (AvgIpc) is 3.73. The quantitative estimate of drug-likeness (QED) is 0.470. The largest absolute Gasteiger partial charge is 0.338 e. The predicted molar refractivity (Wildman–Crippen MR) is 164 cm³/mol. The molecule has 2 unspecified atom stereocenters. The van der Waals surface area contributed by atoms with Gasteiger partial charge in [-0.05, 0) is 83.4 Å². The summed E-state index contributed by atoms with van der Waals surface area (Å²) >= 11 is 0. The normalized spacial score (nSPS) is 26.5. The van der Waals surface area contributed by atoms with Gasteiger partial charge in [-0.15, -0.1) is 0 Å². The van der Waals surface area contributed by atoms with Gasteiger partial charge in [-0.1, -0.05) is 12.1 Å². The summed E-state index contributed by atoms with van der Waals surface area (Å²) in [6.07, 6.45) is 5.60. The number of rotatable bonds is 7. The van der Waals surface area contributed by atoms with E-state index in [1.54, 1.807) is 16.4 Å². The number of hydrogen-bond acceptors (Lipinski definition) is 7. The van der Waals surface area contributed by atoms with Crippen LogP contribution in [0.4, 0.5) is 4.39 Å². The lowest BCUT2D eigenvalue weighted by molar-refractivity contribution is -0.0378. The number of piperazine rings is 1. The second-order valence-corrected chi connectivity index (χ2v) is 15.6. The van der Waals surface area contributed by atoms with Crippen LogP contribution in [0.5, 0.6) is 0 Å². The molecule has 0 N–H and O–H groups in total. The van der Waals surface area contributed by atoms with Crippen molar-refractivity contribution in [3.63, 3.8) is 0 Å². The highest BCUT2D eigenvalue weighted by molar-refractivity contribution is 7.90. The van der Waals surface area contributed by atoms with Gasteiger partial charge in [-0.25, -0.2) is 27.1 Å². The molecule has 1 saturated carbocycles. The Kier molecular flexibility index (Phi) is 8.38. The van der Waals surface area contributed by atoms with Crippen molar-refractivity contribution in [2.24, 2.45) is 5.92 Å². The molecule has 1 aromatic carbocycles. The molecule has 4 heterocycles. The molecule has 1 amide bonds. The molecule has 9 nitrogen and oxygen atoms in total. The first-order valence-corrected chi connectivity index (χ1v) is 17.3. The zero-order chi connectivity index (χ0) is 30.5. The maximum atomic E-state index is 14.5. The average molecular weight is 613 g/mol. The van der Waals surface area contributed by atoms with E-state index >= 15 is 0 Å². The van der Waals surface area contributed by atoms with E-state index in [9.17, 15) is 17.6 Å². The van der Waals surface area contributed by atoms with Crippen molar-refractivity contribution in [3.8, 4) is 0 Å². The van der Waals surface area contributed by atoms with Crippen molar-refractivity contribution >= 4 is 15.9 Å². The standard InChI is InChI=1S/C32H45FN6O3S/c1-22-19-37(32(4)11-14-36(15-12-32)31(40)29-23(2)34-21-35-24(29)3)16-17-39(22)30(25-6-5-7-27(33)18-25)26-10-13-38(20-26)43(41,42)28-8-9-28/h5-7,18,21-22,26,28,30H,8-17,19-20H2,1-4H3/t22?,26?,30-/m0/s1. The summed E-state index contributed by atoms with van der Waals surface area (Å²) in [5.74, 6) is -0.123. The lowest BCUT2D eigenvalue weighted by Gasteiger charge is -2.53. The van der Waals surface area contributed by atoms with Crippen LogP contribution in [-0.4, -0.2) is 106 Å². The van der Waals surface area contributed by atoms with Crippen molar-refractivity contribution in [1.82, 2.24) is 29.0 Å². The van der Waals surface area contributed by atoms with Crippen molar-refractivity contribution in [3.05, 3.63) is 58.9 Å². The maximum absolute atomic E-state index is 14.5. The van der Waals surface area contributed by atoms with Crippen LogP contribution < -0.4 is 0 Å². The number of likely N-dealkylation sites (tertiary alicyclic amines) is 1. The number of nitrogens with zero attached hydrogens (tertiary/aromatic N) is 6. The SMILES string of the molecule is Cc1ncnc(C)c1C(=O)N1CCC(C)(N2CCN([C@@H](c3cccc(F)c3)C3CCN(S(=O)(=O)C4CC4)C3)C(C)C2)CC1. The van der Waals surface area contributed by atoms with Crippen molar-refractivity contribution in [1.29, 1.82) is 0 Å². The molecule has 1 aliphatic carbocycles. The first kappa shape index (κ1) is 30.6. The van der Waals surface area contributed by atoms with Crippen LogP contribution in [0.3, 0.4) is 0 Å². The summed E-state index contributed by atoms with van der Waals surface area (Å²) < 4.78 is 42.3. The molecular weight excluding hydrogens is 567 g/mol. The molecule has 4 aliphatic rings. The van der Waals surface area contributed by atoms with Crippen LogP contribution >= 0.6 is 0 Å². The molecule has 4 fully saturated rings. The lowest BCUT2D eigenvalue weighted by Crippen LogP contribution is -2.62. The molecule has 43 heavy (non-hydrogen) atoms. The molecule has 0 spiro atoms. The first-order chi connectivity index (χ1) is 20.5. The zero-order valence-corrected chi connectivity index (χ0v) is 26.7. The van der Waals surface area contributed by atoms with Crippen LogP contribution in [0.2, 0.25) is 0 Å². The minimum absolute atomic E-state index is 0.0167. The van der Waals surface area contributed by atoms with Crippen molar-refractivity contribution < 1.29 is 17.6 Å². The van der Waals surface area contributed by atoms with Crippen molar-refractivity contribution in [2.45, 2.75) is 82.7 Å². The van der Waals surface area contributed by atoms with Gasteiger partial charge in [-0.2, -0.15) is 0 Å². The number of hydrogen-bond donors (Lipinski definition) is 0. The van der Waals surface area contributed by atoms with E-state index in [2.05, 4.69) is 33.6 Å². The van der Waals surface area contributed by atoms with E-state index in [4.69, 9.17) is 0 Å². The van der Waals surface area contributed by atoms with Gasteiger partial charge in [0.05, 0.1) is 22.2 Å². The maximum Gasteiger partial charge on any atom is 0.257 e. The minimum atomic E-state index is -3.23. The number of carbonyl (C=O) groups is 1. The Bertz CT molecular complexity index is 1440. The third-order valence-corrected chi connectivity index (χ3v) is 12.9. The molecule has 3 atom stereocenters. The van der Waals surface area contributed by atoms with E-state index in [-0.39, 0.29) is 40.5 Å². The van der Waals surface area contributed by atoms with Crippen LogP contribution in [0, 0.1) is 25.6 Å². The van der Waals surface area contributed by atoms with Gasteiger partial charge in [-0.3, -0.25) is 14.6 Å². The Labute approximate surface area is 255 Å². The second-order valence-electron chi connectivity index (χ2n) is 13.4. The number of sulfonamides is 1. The molecule has 2 aromatic rings. The van der Waals surface area contributed by atoms with Gasteiger partial charge >= 0.3 is 0 Å². The summed E-state index contributed by atoms with van der Waals surface area (Å²) in [6.45, 7) is 13.3. The van der Waals surface area contributed by atoms with Gasteiger partial charge in [0.2, 0.25) is 10.0 Å². The third kappa shape index (κ3) is 5.98. The number of aryl methyl sites for hydroxylation is 2. The predicted octanol–water partition coefficient (Wildman–Crippen LogP) is 3.79. The minimum Gasteiger partial charge on any atom is -0.338 e. The van der Waals surface area contributed by atoms with E-state index in [0.29, 0.717) is 31.7 Å². The third-order valence-electron chi connectivity index (χ3n) is 10.5. The smallest absolute Gasteiger partial charge is 0.257 e. The molecule has 0 radical (unpaired) electrons. The van der Waals surface area contributed by atoms with Gasteiger partial charge in [0, 0.05) is 63.4 Å². The Morgan fingerprint density at radius 2 is 1.70 bits per heavy atom. The fourth-order valence-corrected chi connectivity index (χ4v) is 9.60. The molecule has 234 valence electrons. The van der Waals surface area contributed by atoms with Crippen LogP contribution in [0.1, 0.15) is 79.3 Å². The van der Waals surface area contributed by atoms with E-state index in [1.165, 1.54) is 12.4 Å². The Balaban J connectivity index is 1.14. The summed E-state index contributed by atoms with van der Waals surface area (Å²) in [4.78, 5) is 28.9. The molecule has 1 aromatic heterocycles. The molecule has 3 saturated heterocycles. The van der Waals surface area contributed by atoms with E-state index < -0.39 is 10.0 Å². The number of amides is 1. The first-order valence-electron chi connectivity index (χ1n) is 15.8. The lowest BCUT2D eigenvalue weighted by atomic mass is 9.85. The van der Waals surface area contributed by atoms with Gasteiger partial charge < -0.3 is 4.90 Å². The number of carbonyl (C=O) groups excluding carboxylic acids is 1. The van der Waals surface area contributed by atoms with Crippen LogP contribution in [0.25, 0.3) is 0 Å². The topological polar surface area (TPSA) is 90.0 Å². The van der Waals surface area contributed by atoms with E-state index in [0.717, 1.165) is 68.7 Å². The molecule has 3 aliphatic heterocycles. The Morgan fingerprint density at radius 3 is 2.33 bits per heavy atom. The summed E-state index contributed by atoms with van der Waals surface area (Å²) in [5, 5.41) is -0.210. The summed E-state index contributed by atoms with van der Waals surface area (Å²) in [7, 11) is -3.23. The second kappa shape index (κ2) is 11.8. The Hall–Kier alpha value is -2.47. The summed E-state index contributed by atoms with van der Waals surface area (Å²) in [5.41, 5.74) is 2.97.